The number of pyridine rings is 1. The number of nitrogens with zero attached hydrogens (tertiary/aromatic N) is 1. The van der Waals surface area contributed by atoms with Crippen molar-refractivity contribution in [1.29, 1.82) is 0 Å². The van der Waals surface area contributed by atoms with Gasteiger partial charge in [0.05, 0.1) is 11.3 Å². The third kappa shape index (κ3) is 2.18. The quantitative estimate of drug-likeness (QED) is 0.792. The molecule has 1 rings (SSSR count). The number of aromatic carboxylic acids is 1. The van der Waals surface area contributed by atoms with Crippen molar-refractivity contribution in [3.05, 3.63) is 28.6 Å². The van der Waals surface area contributed by atoms with Gasteiger partial charge in [0.1, 0.15) is 0 Å². The number of aryl methyl sites for hydroxylation is 1. The van der Waals surface area contributed by atoms with E-state index >= 15 is 0 Å². The van der Waals surface area contributed by atoms with Crippen LogP contribution in [0, 0.1) is 6.92 Å². The molecule has 0 aliphatic carbocycles. The monoisotopic (exact) mass is 233 g/mol. The molecule has 1 heterocycles. The van der Waals surface area contributed by atoms with Crippen LogP contribution in [0.2, 0.25) is 0 Å². The lowest BCUT2D eigenvalue weighted by Gasteiger charge is -2.11. The van der Waals surface area contributed by atoms with E-state index in [1.807, 2.05) is 0 Å². The molecule has 0 fully saturated rings. The molecular weight excluding hydrogens is 227 g/mol. The third-order valence-corrected chi connectivity index (χ3v) is 1.88. The molecule has 0 saturated heterocycles. The summed E-state index contributed by atoms with van der Waals surface area (Å²) in [4.78, 5) is 24.3. The van der Waals surface area contributed by atoms with Gasteiger partial charge >= 0.3 is 12.1 Å². The summed E-state index contributed by atoms with van der Waals surface area (Å²) < 4.78 is 37.2. The third-order valence-electron chi connectivity index (χ3n) is 1.88. The molecule has 16 heavy (non-hydrogen) atoms. The molecule has 0 amide bonds. The summed E-state index contributed by atoms with van der Waals surface area (Å²) in [5, 5.41) is 8.61. The number of alkyl halides is 3. The van der Waals surface area contributed by atoms with Crippen LogP contribution >= 0.6 is 0 Å². The Balaban J connectivity index is 3.49. The van der Waals surface area contributed by atoms with Gasteiger partial charge in [0.2, 0.25) is 0 Å². The Hall–Kier alpha value is -1.92. The Labute approximate surface area is 87.7 Å². The molecule has 1 aromatic rings. The predicted molar refractivity (Wildman–Crippen MR) is 46.3 cm³/mol. The molecule has 7 heteroatoms. The van der Waals surface area contributed by atoms with Crippen LogP contribution in [-0.2, 0) is 6.18 Å². The summed E-state index contributed by atoms with van der Waals surface area (Å²) in [6.07, 6.45) is -4.63. The van der Waals surface area contributed by atoms with Crippen molar-refractivity contribution < 1.29 is 27.9 Å². The minimum atomic E-state index is -4.66. The fraction of sp³-hybridized carbons (Fsp3) is 0.222. The van der Waals surface area contributed by atoms with Crippen molar-refractivity contribution in [2.75, 3.05) is 0 Å². The summed E-state index contributed by atoms with van der Waals surface area (Å²) in [5.41, 5.74) is -2.86. The van der Waals surface area contributed by atoms with Crippen molar-refractivity contribution >= 4 is 12.3 Å². The van der Waals surface area contributed by atoms with Crippen LogP contribution in [0.3, 0.4) is 0 Å². The standard InChI is InChI=1S/C9H6F3NO3/c1-4-6(9(10,11)12)2-5(3-14)7(13-4)8(15)16/h2-3H,1H3,(H,15,16). The van der Waals surface area contributed by atoms with Gasteiger partial charge in [-0.25, -0.2) is 9.78 Å². The van der Waals surface area contributed by atoms with Crippen LogP contribution in [0.15, 0.2) is 6.07 Å². The maximum Gasteiger partial charge on any atom is 0.418 e. The molecule has 86 valence electrons. The van der Waals surface area contributed by atoms with E-state index < -0.39 is 34.7 Å². The van der Waals surface area contributed by atoms with Crippen LogP contribution in [-0.4, -0.2) is 22.3 Å². The molecule has 4 nitrogen and oxygen atoms in total. The number of aromatic nitrogens is 1. The highest BCUT2D eigenvalue weighted by molar-refractivity contribution is 5.95. The highest BCUT2D eigenvalue weighted by Gasteiger charge is 2.34. The molecule has 0 aliphatic heterocycles. The van der Waals surface area contributed by atoms with Crippen LogP contribution < -0.4 is 0 Å². The number of carbonyl (C=O) groups excluding carboxylic acids is 1. The fourth-order valence-electron chi connectivity index (χ4n) is 1.17. The number of aldehydes is 1. The maximum atomic E-state index is 12.4. The zero-order valence-electron chi connectivity index (χ0n) is 8.00. The molecule has 0 unspecified atom stereocenters. The summed E-state index contributed by atoms with van der Waals surface area (Å²) in [6.45, 7) is 1.03. The fourth-order valence-corrected chi connectivity index (χ4v) is 1.17. The minimum absolute atomic E-state index is 0.0329. The predicted octanol–water partition coefficient (Wildman–Crippen LogP) is 1.92. The number of hydrogen-bond donors (Lipinski definition) is 1. The number of hydrogen-bond acceptors (Lipinski definition) is 3. The number of carboxylic acids is 1. The van der Waals surface area contributed by atoms with Gasteiger partial charge in [-0.1, -0.05) is 0 Å². The van der Waals surface area contributed by atoms with Crippen LogP contribution in [0.1, 0.15) is 32.1 Å². The van der Waals surface area contributed by atoms with E-state index in [4.69, 9.17) is 5.11 Å². The summed E-state index contributed by atoms with van der Waals surface area (Å²) >= 11 is 0. The van der Waals surface area contributed by atoms with Gasteiger partial charge in [0.25, 0.3) is 0 Å². The maximum absolute atomic E-state index is 12.4. The van der Waals surface area contributed by atoms with Crippen molar-refractivity contribution in [2.24, 2.45) is 0 Å². The lowest BCUT2D eigenvalue weighted by atomic mass is 10.1. The Kier molecular flexibility index (Phi) is 2.97. The lowest BCUT2D eigenvalue weighted by Crippen LogP contribution is -2.14. The van der Waals surface area contributed by atoms with Crippen LogP contribution in [0.5, 0.6) is 0 Å². The first kappa shape index (κ1) is 12.2. The highest BCUT2D eigenvalue weighted by Crippen LogP contribution is 2.31. The summed E-state index contributed by atoms with van der Waals surface area (Å²) in [7, 11) is 0. The highest BCUT2D eigenvalue weighted by atomic mass is 19.4. The first-order chi connectivity index (χ1) is 7.27. The van der Waals surface area contributed by atoms with E-state index in [1.165, 1.54) is 0 Å². The van der Waals surface area contributed by atoms with Gasteiger partial charge < -0.3 is 5.11 Å². The van der Waals surface area contributed by atoms with E-state index in [2.05, 4.69) is 4.98 Å². The molecule has 0 atom stereocenters. The van der Waals surface area contributed by atoms with Crippen molar-refractivity contribution in [2.45, 2.75) is 13.1 Å². The average Bonchev–Trinajstić information content (AvgIpc) is 2.15. The van der Waals surface area contributed by atoms with Crippen molar-refractivity contribution in [1.82, 2.24) is 4.98 Å². The van der Waals surface area contributed by atoms with Crippen molar-refractivity contribution in [3.63, 3.8) is 0 Å². The van der Waals surface area contributed by atoms with Gasteiger partial charge in [0, 0.05) is 5.56 Å². The Morgan fingerprint density at radius 3 is 2.44 bits per heavy atom. The van der Waals surface area contributed by atoms with Gasteiger partial charge in [-0.3, -0.25) is 4.79 Å². The minimum Gasteiger partial charge on any atom is -0.476 e. The number of carbonyl (C=O) groups is 2. The van der Waals surface area contributed by atoms with Gasteiger partial charge in [-0.15, -0.1) is 0 Å². The van der Waals surface area contributed by atoms with Gasteiger partial charge in [-0.05, 0) is 13.0 Å². The van der Waals surface area contributed by atoms with Gasteiger partial charge in [0.15, 0.2) is 12.0 Å². The Morgan fingerprint density at radius 2 is 2.06 bits per heavy atom. The molecule has 1 aromatic heterocycles. The normalized spacial score (nSPS) is 11.2. The second-order valence-electron chi connectivity index (χ2n) is 2.98. The number of rotatable bonds is 2. The van der Waals surface area contributed by atoms with Crippen LogP contribution in [0.25, 0.3) is 0 Å². The van der Waals surface area contributed by atoms with Crippen LogP contribution in [0.4, 0.5) is 13.2 Å². The molecule has 0 aliphatic rings. The number of halogens is 3. The summed E-state index contributed by atoms with van der Waals surface area (Å²) in [5.74, 6) is -1.54. The van der Waals surface area contributed by atoms with E-state index in [0.29, 0.717) is 6.07 Å². The molecule has 1 N–H and O–H groups in total. The van der Waals surface area contributed by atoms with E-state index in [9.17, 15) is 22.8 Å². The zero-order chi connectivity index (χ0) is 12.5. The van der Waals surface area contributed by atoms with E-state index in [0.717, 1.165) is 6.92 Å². The molecule has 0 saturated carbocycles. The first-order valence-electron chi connectivity index (χ1n) is 4.04. The summed E-state index contributed by atoms with van der Waals surface area (Å²) in [6, 6.07) is 0.485. The largest absolute Gasteiger partial charge is 0.476 e. The van der Waals surface area contributed by atoms with E-state index in [-0.39, 0.29) is 6.29 Å². The second-order valence-corrected chi connectivity index (χ2v) is 2.98. The Bertz CT molecular complexity index is 454. The number of carboxylic acid groups (broad SMARTS) is 1. The molecular formula is C9H6F3NO3. The Morgan fingerprint density at radius 1 is 1.50 bits per heavy atom. The van der Waals surface area contributed by atoms with Crippen molar-refractivity contribution in [3.8, 4) is 0 Å². The SMILES string of the molecule is Cc1nc(C(=O)O)c(C=O)cc1C(F)(F)F. The molecule has 0 radical (unpaired) electrons. The first-order valence-corrected chi connectivity index (χ1v) is 4.04. The van der Waals surface area contributed by atoms with Gasteiger partial charge in [-0.2, -0.15) is 13.2 Å². The molecule has 0 bridgehead atoms. The zero-order valence-corrected chi connectivity index (χ0v) is 8.00. The average molecular weight is 233 g/mol. The smallest absolute Gasteiger partial charge is 0.418 e. The lowest BCUT2D eigenvalue weighted by molar-refractivity contribution is -0.138. The topological polar surface area (TPSA) is 67.3 Å². The molecule has 0 aromatic carbocycles. The molecule has 0 spiro atoms. The second kappa shape index (κ2) is 3.92. The van der Waals surface area contributed by atoms with E-state index in [1.54, 1.807) is 0 Å².